The molecule has 2 nitrogen and oxygen atoms in total. The van der Waals surface area contributed by atoms with E-state index >= 15 is 0 Å². The van der Waals surface area contributed by atoms with Crippen molar-refractivity contribution in [3.63, 3.8) is 0 Å². The van der Waals surface area contributed by atoms with Crippen molar-refractivity contribution >= 4 is 54.4 Å². The zero-order valence-corrected chi connectivity index (χ0v) is 22.9. The summed E-state index contributed by atoms with van der Waals surface area (Å²) < 4.78 is 4.80. The van der Waals surface area contributed by atoms with Crippen LogP contribution in [0.5, 0.6) is 0 Å². The number of hydrogen-bond acceptors (Lipinski definition) is 0. The highest BCUT2D eigenvalue weighted by Gasteiger charge is 2.19. The van der Waals surface area contributed by atoms with E-state index in [1.165, 1.54) is 76.9 Å². The Morgan fingerprint density at radius 3 is 1.50 bits per heavy atom. The zero-order chi connectivity index (χ0) is 27.6. The maximum absolute atomic E-state index is 2.42. The third-order valence-electron chi connectivity index (χ3n) is 8.69. The molecule has 7 aromatic carbocycles. The van der Waals surface area contributed by atoms with Crippen LogP contribution in [0.1, 0.15) is 0 Å². The van der Waals surface area contributed by atoms with Crippen molar-refractivity contribution in [3.05, 3.63) is 158 Å². The first-order valence-electron chi connectivity index (χ1n) is 14.5. The van der Waals surface area contributed by atoms with E-state index in [2.05, 4.69) is 167 Å². The molecule has 0 bridgehead atoms. The van der Waals surface area contributed by atoms with Crippen molar-refractivity contribution in [2.24, 2.45) is 0 Å². The van der Waals surface area contributed by atoms with Gasteiger partial charge in [-0.2, -0.15) is 0 Å². The number of nitrogens with zero attached hydrogens (tertiary/aromatic N) is 2. The number of aromatic nitrogens is 2. The lowest BCUT2D eigenvalue weighted by Crippen LogP contribution is -1.94. The lowest BCUT2D eigenvalue weighted by molar-refractivity contribution is 1.18. The first kappa shape index (κ1) is 23.1. The second kappa shape index (κ2) is 8.95. The fourth-order valence-electron chi connectivity index (χ4n) is 6.90. The second-order valence-corrected chi connectivity index (χ2v) is 11.0. The van der Waals surface area contributed by atoms with E-state index in [1.807, 2.05) is 0 Å². The largest absolute Gasteiger partial charge is 0.309 e. The summed E-state index contributed by atoms with van der Waals surface area (Å²) in [6.45, 7) is 0. The average molecular weight is 535 g/mol. The van der Waals surface area contributed by atoms with Crippen LogP contribution >= 0.6 is 0 Å². The van der Waals surface area contributed by atoms with E-state index in [9.17, 15) is 0 Å². The van der Waals surface area contributed by atoms with Gasteiger partial charge in [-0.3, -0.25) is 0 Å². The van der Waals surface area contributed by atoms with Gasteiger partial charge < -0.3 is 9.13 Å². The number of benzene rings is 7. The van der Waals surface area contributed by atoms with Crippen molar-refractivity contribution < 1.29 is 0 Å². The Labute approximate surface area is 243 Å². The number of para-hydroxylation sites is 4. The maximum atomic E-state index is 2.42. The van der Waals surface area contributed by atoms with E-state index < -0.39 is 0 Å². The molecular weight excluding hydrogens is 508 g/mol. The summed E-state index contributed by atoms with van der Waals surface area (Å²) in [5.41, 5.74) is 9.76. The van der Waals surface area contributed by atoms with Crippen LogP contribution in [0.4, 0.5) is 0 Å². The lowest BCUT2D eigenvalue weighted by atomic mass is 9.94. The molecule has 0 spiro atoms. The van der Waals surface area contributed by atoms with Crippen LogP contribution in [0.25, 0.3) is 76.9 Å². The highest BCUT2D eigenvalue weighted by atomic mass is 15.0. The van der Waals surface area contributed by atoms with Gasteiger partial charge in [-0.05, 0) is 71.1 Å². The summed E-state index contributed by atoms with van der Waals surface area (Å²) in [6.07, 6.45) is 0. The molecule has 2 heterocycles. The third kappa shape index (κ3) is 3.27. The molecule has 0 aliphatic carbocycles. The summed E-state index contributed by atoms with van der Waals surface area (Å²) in [6, 6.07) is 57.2. The van der Waals surface area contributed by atoms with Crippen LogP contribution in [0, 0.1) is 0 Å². The van der Waals surface area contributed by atoms with Crippen LogP contribution in [0.15, 0.2) is 158 Å². The molecule has 9 aromatic rings. The van der Waals surface area contributed by atoms with Gasteiger partial charge in [-0.15, -0.1) is 0 Å². The van der Waals surface area contributed by atoms with E-state index in [0.717, 1.165) is 0 Å². The number of fused-ring (bicyclic) bond motifs is 8. The number of hydrogen-bond donors (Lipinski definition) is 0. The fraction of sp³-hybridized carbons (Fsp3) is 0. The normalized spacial score (nSPS) is 11.8. The van der Waals surface area contributed by atoms with Gasteiger partial charge in [-0.1, -0.05) is 103 Å². The molecule has 2 aromatic heterocycles. The molecule has 9 rings (SSSR count). The van der Waals surface area contributed by atoms with Crippen LogP contribution in [-0.4, -0.2) is 9.13 Å². The van der Waals surface area contributed by atoms with Gasteiger partial charge in [0.25, 0.3) is 0 Å². The Bertz CT molecular complexity index is 2440. The Morgan fingerprint density at radius 2 is 0.810 bits per heavy atom. The lowest BCUT2D eigenvalue weighted by Gasteiger charge is -2.13. The topological polar surface area (TPSA) is 9.86 Å². The third-order valence-corrected chi connectivity index (χ3v) is 8.69. The second-order valence-electron chi connectivity index (χ2n) is 11.0. The Kier molecular flexibility index (Phi) is 4.93. The summed E-state index contributed by atoms with van der Waals surface area (Å²) >= 11 is 0. The molecule has 0 atom stereocenters. The molecule has 196 valence electrons. The van der Waals surface area contributed by atoms with Crippen molar-refractivity contribution in [1.82, 2.24) is 9.13 Å². The predicted octanol–water partition coefficient (Wildman–Crippen LogP) is 10.7. The van der Waals surface area contributed by atoms with Gasteiger partial charge in [0.1, 0.15) is 0 Å². The minimum Gasteiger partial charge on any atom is -0.309 e. The molecule has 0 N–H and O–H groups in total. The van der Waals surface area contributed by atoms with Gasteiger partial charge in [0.2, 0.25) is 0 Å². The van der Waals surface area contributed by atoms with Crippen LogP contribution in [0.2, 0.25) is 0 Å². The zero-order valence-electron chi connectivity index (χ0n) is 22.9. The standard InChI is InChI=1S/C40H26N2/c1-3-13-28(14-4-1)41-37-21-11-9-18-31(37)35-25-27(23-24-39(35)41)34-26-36-32-19-10-12-22-38(32)42(29-15-5-2-6-16-29)40(36)33-20-8-7-17-30(33)34/h1-26H. The molecule has 0 fully saturated rings. The molecule has 0 saturated carbocycles. The van der Waals surface area contributed by atoms with Crippen LogP contribution in [0.3, 0.4) is 0 Å². The fourth-order valence-corrected chi connectivity index (χ4v) is 6.90. The van der Waals surface area contributed by atoms with E-state index in [0.29, 0.717) is 0 Å². The minimum atomic E-state index is 1.18. The minimum absolute atomic E-state index is 1.18. The molecular formula is C40H26N2. The SMILES string of the molecule is c1ccc(-n2c3ccccc3c3cc(-c4cc5c6ccccc6n(-c6ccccc6)c5c5ccccc45)ccc32)cc1. The maximum Gasteiger partial charge on any atom is 0.0619 e. The quantitative estimate of drug-likeness (QED) is 0.213. The highest BCUT2D eigenvalue weighted by Crippen LogP contribution is 2.42. The molecule has 0 unspecified atom stereocenters. The summed E-state index contributed by atoms with van der Waals surface area (Å²) in [5.74, 6) is 0. The van der Waals surface area contributed by atoms with Crippen molar-refractivity contribution in [2.45, 2.75) is 0 Å². The molecule has 0 saturated heterocycles. The highest BCUT2D eigenvalue weighted by molar-refractivity contribution is 6.22. The predicted molar refractivity (Wildman–Crippen MR) is 178 cm³/mol. The average Bonchev–Trinajstić information content (AvgIpc) is 3.58. The summed E-state index contributed by atoms with van der Waals surface area (Å²) in [5, 5.41) is 7.60. The van der Waals surface area contributed by atoms with E-state index in [4.69, 9.17) is 0 Å². The summed E-state index contributed by atoms with van der Waals surface area (Å²) in [4.78, 5) is 0. The van der Waals surface area contributed by atoms with Crippen LogP contribution in [-0.2, 0) is 0 Å². The molecule has 42 heavy (non-hydrogen) atoms. The first-order valence-corrected chi connectivity index (χ1v) is 14.5. The molecule has 2 heteroatoms. The Morgan fingerprint density at radius 1 is 0.310 bits per heavy atom. The van der Waals surface area contributed by atoms with Crippen molar-refractivity contribution in [1.29, 1.82) is 0 Å². The molecule has 0 amide bonds. The van der Waals surface area contributed by atoms with Gasteiger partial charge in [0.05, 0.1) is 22.1 Å². The van der Waals surface area contributed by atoms with Crippen molar-refractivity contribution in [3.8, 4) is 22.5 Å². The molecule has 0 aliphatic rings. The smallest absolute Gasteiger partial charge is 0.0619 e. The summed E-state index contributed by atoms with van der Waals surface area (Å²) in [7, 11) is 0. The van der Waals surface area contributed by atoms with Gasteiger partial charge in [-0.25, -0.2) is 0 Å². The van der Waals surface area contributed by atoms with Crippen molar-refractivity contribution in [2.75, 3.05) is 0 Å². The Hall–Kier alpha value is -5.60. The molecule has 0 radical (unpaired) electrons. The van der Waals surface area contributed by atoms with E-state index in [-0.39, 0.29) is 0 Å². The van der Waals surface area contributed by atoms with Crippen LogP contribution < -0.4 is 0 Å². The van der Waals surface area contributed by atoms with E-state index in [1.54, 1.807) is 0 Å². The Balaban J connectivity index is 1.38. The van der Waals surface area contributed by atoms with Gasteiger partial charge >= 0.3 is 0 Å². The monoisotopic (exact) mass is 534 g/mol. The number of rotatable bonds is 3. The van der Waals surface area contributed by atoms with Gasteiger partial charge in [0, 0.05) is 38.3 Å². The first-order chi connectivity index (χ1) is 20.9. The van der Waals surface area contributed by atoms with Gasteiger partial charge in [0.15, 0.2) is 0 Å². The molecule has 0 aliphatic heterocycles.